The van der Waals surface area contributed by atoms with Gasteiger partial charge in [-0.15, -0.1) is 0 Å². The molecule has 92 valence electrons. The number of hydrogen-bond acceptors (Lipinski definition) is 3. The summed E-state index contributed by atoms with van der Waals surface area (Å²) in [5, 5.41) is 15.2. The third-order valence-corrected chi connectivity index (χ3v) is 2.80. The van der Waals surface area contributed by atoms with Gasteiger partial charge in [0.15, 0.2) is 0 Å². The quantitative estimate of drug-likeness (QED) is 0.774. The van der Waals surface area contributed by atoms with Crippen LogP contribution in [0, 0.1) is 5.92 Å². The van der Waals surface area contributed by atoms with Gasteiger partial charge in [-0.2, -0.15) is 5.10 Å². The van der Waals surface area contributed by atoms with Gasteiger partial charge in [-0.3, -0.25) is 9.89 Å². The second kappa shape index (κ2) is 4.44. The van der Waals surface area contributed by atoms with Crippen LogP contribution in [-0.4, -0.2) is 57.2 Å². The number of carboxylic acid groups (broad SMARTS) is 1. The molecule has 0 unspecified atom stereocenters. The Balaban J connectivity index is 1.83. The molecule has 1 fully saturated rings. The number of hydrogen-bond donors (Lipinski definition) is 2. The van der Waals surface area contributed by atoms with E-state index in [1.807, 2.05) is 0 Å². The van der Waals surface area contributed by atoms with Crippen molar-refractivity contribution in [1.82, 2.24) is 20.0 Å². The number of aliphatic carboxylic acids is 1. The minimum atomic E-state index is -0.841. The number of urea groups is 1. The maximum Gasteiger partial charge on any atom is 0.320 e. The van der Waals surface area contributed by atoms with Crippen molar-refractivity contribution in [1.29, 1.82) is 0 Å². The molecule has 1 aromatic rings. The maximum atomic E-state index is 11.8. The monoisotopic (exact) mass is 238 g/mol. The molecule has 1 aliphatic heterocycles. The first kappa shape index (κ1) is 11.4. The molecule has 2 heterocycles. The predicted octanol–water partition coefficient (Wildman–Crippen LogP) is -0.0221. The molecule has 2 rings (SSSR count). The molecule has 0 saturated carbocycles. The molecule has 1 aliphatic rings. The summed E-state index contributed by atoms with van der Waals surface area (Å²) < 4.78 is 0. The number of nitrogens with one attached hydrogen (secondary N) is 1. The summed E-state index contributed by atoms with van der Waals surface area (Å²) in [6, 6.07) is -0.149. The topological polar surface area (TPSA) is 89.5 Å². The van der Waals surface area contributed by atoms with Crippen LogP contribution in [0.3, 0.4) is 0 Å². The van der Waals surface area contributed by atoms with Gasteiger partial charge in [-0.1, -0.05) is 0 Å². The van der Waals surface area contributed by atoms with Gasteiger partial charge in [0, 0.05) is 31.9 Å². The second-order valence-corrected chi connectivity index (χ2v) is 4.19. The van der Waals surface area contributed by atoms with Crippen molar-refractivity contribution < 1.29 is 14.7 Å². The maximum absolute atomic E-state index is 11.8. The number of carbonyl (C=O) groups is 2. The highest BCUT2D eigenvalue weighted by Gasteiger charge is 2.36. The number of aromatic nitrogens is 2. The Bertz CT molecular complexity index is 411. The van der Waals surface area contributed by atoms with E-state index in [9.17, 15) is 9.59 Å². The molecule has 0 atom stereocenters. The number of H-pyrrole nitrogens is 1. The third-order valence-electron chi connectivity index (χ3n) is 2.80. The van der Waals surface area contributed by atoms with Crippen LogP contribution in [0.25, 0.3) is 0 Å². The fraction of sp³-hybridized carbons (Fsp3) is 0.500. The first-order chi connectivity index (χ1) is 8.08. The molecule has 0 bridgehead atoms. The summed E-state index contributed by atoms with van der Waals surface area (Å²) >= 11 is 0. The van der Waals surface area contributed by atoms with E-state index in [1.54, 1.807) is 24.3 Å². The molecule has 7 nitrogen and oxygen atoms in total. The Morgan fingerprint density at radius 1 is 1.65 bits per heavy atom. The molecule has 17 heavy (non-hydrogen) atoms. The number of rotatable bonds is 3. The third kappa shape index (κ3) is 2.38. The first-order valence-electron chi connectivity index (χ1n) is 5.28. The molecule has 7 heteroatoms. The lowest BCUT2D eigenvalue weighted by atomic mass is 10.0. The van der Waals surface area contributed by atoms with E-state index >= 15 is 0 Å². The molecular weight excluding hydrogens is 224 g/mol. The van der Waals surface area contributed by atoms with Gasteiger partial charge >= 0.3 is 12.0 Å². The summed E-state index contributed by atoms with van der Waals surface area (Å²) in [6.45, 7) is 1.05. The average Bonchev–Trinajstić information content (AvgIpc) is 2.67. The highest BCUT2D eigenvalue weighted by atomic mass is 16.4. The van der Waals surface area contributed by atoms with Crippen LogP contribution >= 0.6 is 0 Å². The molecule has 2 N–H and O–H groups in total. The first-order valence-corrected chi connectivity index (χ1v) is 5.28. The van der Waals surface area contributed by atoms with E-state index < -0.39 is 11.9 Å². The number of carboxylic acids is 1. The van der Waals surface area contributed by atoms with Gasteiger partial charge in [-0.05, 0) is 0 Å². The lowest BCUT2D eigenvalue weighted by Gasteiger charge is -2.38. The highest BCUT2D eigenvalue weighted by Crippen LogP contribution is 2.17. The Labute approximate surface area is 98.0 Å². The van der Waals surface area contributed by atoms with Gasteiger partial charge in [0.25, 0.3) is 0 Å². The van der Waals surface area contributed by atoms with Crippen molar-refractivity contribution in [3.05, 3.63) is 18.0 Å². The lowest BCUT2D eigenvalue weighted by Crippen LogP contribution is -2.56. The van der Waals surface area contributed by atoms with Crippen LogP contribution in [0.15, 0.2) is 12.4 Å². The summed E-state index contributed by atoms with van der Waals surface area (Å²) in [7, 11) is 1.68. The summed E-state index contributed by atoms with van der Waals surface area (Å²) in [5.74, 6) is -1.26. The molecule has 0 aromatic carbocycles. The van der Waals surface area contributed by atoms with Gasteiger partial charge in [0.2, 0.25) is 0 Å². The molecule has 0 radical (unpaired) electrons. The summed E-state index contributed by atoms with van der Waals surface area (Å²) in [6.07, 6.45) is 3.37. The Morgan fingerprint density at radius 2 is 2.35 bits per heavy atom. The number of amides is 2. The fourth-order valence-corrected chi connectivity index (χ4v) is 1.74. The van der Waals surface area contributed by atoms with Crippen molar-refractivity contribution in [2.45, 2.75) is 6.54 Å². The summed E-state index contributed by atoms with van der Waals surface area (Å²) in [4.78, 5) is 25.5. The zero-order valence-corrected chi connectivity index (χ0v) is 9.46. The SMILES string of the molecule is CN(Cc1cn[nH]c1)C(=O)N1CC(C(=O)O)C1. The standard InChI is InChI=1S/C10H14N4O3/c1-13(4-7-2-11-12-3-7)10(17)14-5-8(6-14)9(15)16/h2-3,8H,4-6H2,1H3,(H,11,12)(H,15,16). The normalized spacial score (nSPS) is 15.5. The molecule has 0 spiro atoms. The van der Waals surface area contributed by atoms with Crippen LogP contribution in [0.1, 0.15) is 5.56 Å². The van der Waals surface area contributed by atoms with E-state index in [2.05, 4.69) is 10.2 Å². The van der Waals surface area contributed by atoms with Crippen LogP contribution in [0.4, 0.5) is 4.79 Å². The van der Waals surface area contributed by atoms with E-state index in [1.165, 1.54) is 4.90 Å². The van der Waals surface area contributed by atoms with E-state index in [4.69, 9.17) is 5.11 Å². The number of aromatic amines is 1. The Kier molecular flexibility index (Phi) is 2.99. The Hall–Kier alpha value is -2.05. The van der Waals surface area contributed by atoms with Crippen LogP contribution < -0.4 is 0 Å². The van der Waals surface area contributed by atoms with E-state index in [0.717, 1.165) is 5.56 Å². The highest BCUT2D eigenvalue weighted by molar-refractivity contribution is 5.79. The predicted molar refractivity (Wildman–Crippen MR) is 58.1 cm³/mol. The average molecular weight is 238 g/mol. The smallest absolute Gasteiger partial charge is 0.320 e. The minimum Gasteiger partial charge on any atom is -0.481 e. The van der Waals surface area contributed by atoms with E-state index in [0.29, 0.717) is 19.6 Å². The molecule has 0 aliphatic carbocycles. The molecule has 1 aromatic heterocycles. The zero-order valence-electron chi connectivity index (χ0n) is 9.46. The van der Waals surface area contributed by atoms with Gasteiger partial charge in [0.1, 0.15) is 0 Å². The van der Waals surface area contributed by atoms with Crippen molar-refractivity contribution in [2.75, 3.05) is 20.1 Å². The van der Waals surface area contributed by atoms with Crippen LogP contribution in [-0.2, 0) is 11.3 Å². The second-order valence-electron chi connectivity index (χ2n) is 4.19. The largest absolute Gasteiger partial charge is 0.481 e. The molecule has 1 saturated heterocycles. The van der Waals surface area contributed by atoms with Gasteiger partial charge in [0.05, 0.1) is 18.7 Å². The van der Waals surface area contributed by atoms with Crippen LogP contribution in [0.5, 0.6) is 0 Å². The van der Waals surface area contributed by atoms with Crippen molar-refractivity contribution in [3.63, 3.8) is 0 Å². The van der Waals surface area contributed by atoms with Crippen molar-refractivity contribution in [3.8, 4) is 0 Å². The number of likely N-dealkylation sites (tertiary alicyclic amines) is 1. The van der Waals surface area contributed by atoms with Crippen molar-refractivity contribution >= 4 is 12.0 Å². The van der Waals surface area contributed by atoms with E-state index in [-0.39, 0.29) is 6.03 Å². The number of carbonyl (C=O) groups excluding carboxylic acids is 1. The van der Waals surface area contributed by atoms with Crippen molar-refractivity contribution in [2.24, 2.45) is 5.92 Å². The van der Waals surface area contributed by atoms with Gasteiger partial charge in [-0.25, -0.2) is 4.79 Å². The van der Waals surface area contributed by atoms with Crippen LogP contribution in [0.2, 0.25) is 0 Å². The molecule has 2 amide bonds. The lowest BCUT2D eigenvalue weighted by molar-refractivity contribution is -0.146. The fourth-order valence-electron chi connectivity index (χ4n) is 1.74. The zero-order chi connectivity index (χ0) is 12.4. The molecular formula is C10H14N4O3. The van der Waals surface area contributed by atoms with Gasteiger partial charge < -0.3 is 14.9 Å². The summed E-state index contributed by atoms with van der Waals surface area (Å²) in [5.41, 5.74) is 0.913. The Morgan fingerprint density at radius 3 is 2.88 bits per heavy atom. The number of nitrogens with zero attached hydrogens (tertiary/aromatic N) is 3. The minimum absolute atomic E-state index is 0.149.